The molecule has 0 aromatic carbocycles. The van der Waals surface area contributed by atoms with Gasteiger partial charge in [-0.1, -0.05) is 12.8 Å². The fraction of sp³-hybridized carbons (Fsp3) is 0.895. The number of carbonyl (C=O) groups excluding carboxylic acids is 2. The Morgan fingerprint density at radius 1 is 1.21 bits per heavy atom. The zero-order valence-corrected chi connectivity index (χ0v) is 15.6. The number of likely N-dealkylation sites (tertiary alicyclic amines) is 2. The van der Waals surface area contributed by atoms with Gasteiger partial charge in [0.15, 0.2) is 0 Å². The van der Waals surface area contributed by atoms with Gasteiger partial charge in [-0.25, -0.2) is 4.79 Å². The first-order valence-corrected chi connectivity index (χ1v) is 9.52. The third kappa shape index (κ3) is 3.14. The molecule has 2 heterocycles. The molecular weight excluding hydrogens is 304 g/mol. The van der Waals surface area contributed by atoms with E-state index < -0.39 is 5.60 Å². The number of hydrogen-bond acceptors (Lipinski definition) is 3. The molecule has 0 N–H and O–H groups in total. The van der Waals surface area contributed by atoms with Crippen LogP contribution in [-0.2, 0) is 9.53 Å². The van der Waals surface area contributed by atoms with E-state index in [0.29, 0.717) is 17.9 Å². The van der Waals surface area contributed by atoms with Gasteiger partial charge in [0.2, 0.25) is 5.91 Å². The monoisotopic (exact) mass is 336 g/mol. The average molecular weight is 336 g/mol. The van der Waals surface area contributed by atoms with Crippen LogP contribution in [0.5, 0.6) is 0 Å². The third-order valence-corrected chi connectivity index (χ3v) is 6.17. The highest BCUT2D eigenvalue weighted by Gasteiger charge is 2.58. The van der Waals surface area contributed by atoms with Gasteiger partial charge in [-0.05, 0) is 59.3 Å². The summed E-state index contributed by atoms with van der Waals surface area (Å²) in [6.07, 6.45) is 6.29. The maximum Gasteiger partial charge on any atom is 0.410 e. The molecule has 1 saturated carbocycles. The molecule has 3 fully saturated rings. The fourth-order valence-electron chi connectivity index (χ4n) is 4.65. The number of piperidine rings is 1. The van der Waals surface area contributed by atoms with Crippen molar-refractivity contribution in [2.45, 2.75) is 77.9 Å². The van der Waals surface area contributed by atoms with Gasteiger partial charge in [-0.2, -0.15) is 0 Å². The number of carbonyl (C=O) groups is 2. The second kappa shape index (κ2) is 6.23. The highest BCUT2D eigenvalue weighted by atomic mass is 16.6. The number of ether oxygens (including phenoxy) is 1. The van der Waals surface area contributed by atoms with E-state index in [1.807, 2.05) is 25.7 Å². The smallest absolute Gasteiger partial charge is 0.410 e. The van der Waals surface area contributed by atoms with Gasteiger partial charge in [0.1, 0.15) is 5.60 Å². The first-order valence-electron chi connectivity index (χ1n) is 9.52. The second-order valence-corrected chi connectivity index (χ2v) is 8.91. The Morgan fingerprint density at radius 3 is 2.29 bits per heavy atom. The molecule has 2 aliphatic heterocycles. The van der Waals surface area contributed by atoms with E-state index in [0.717, 1.165) is 45.3 Å². The zero-order chi connectivity index (χ0) is 17.5. The summed E-state index contributed by atoms with van der Waals surface area (Å²) in [4.78, 5) is 28.7. The summed E-state index contributed by atoms with van der Waals surface area (Å²) >= 11 is 0. The Labute approximate surface area is 145 Å². The van der Waals surface area contributed by atoms with E-state index in [4.69, 9.17) is 4.74 Å². The number of hydrogen-bond donors (Lipinski definition) is 0. The first-order chi connectivity index (χ1) is 11.2. The summed E-state index contributed by atoms with van der Waals surface area (Å²) in [7, 11) is 0. The quantitative estimate of drug-likeness (QED) is 0.726. The van der Waals surface area contributed by atoms with E-state index >= 15 is 0 Å². The van der Waals surface area contributed by atoms with Crippen molar-refractivity contribution in [2.75, 3.05) is 19.6 Å². The molecule has 5 nitrogen and oxygen atoms in total. The summed E-state index contributed by atoms with van der Waals surface area (Å²) in [6.45, 7) is 10.3. The third-order valence-electron chi connectivity index (χ3n) is 6.17. The highest BCUT2D eigenvalue weighted by Crippen LogP contribution is 2.51. The van der Waals surface area contributed by atoms with Crippen molar-refractivity contribution >= 4 is 12.0 Å². The molecule has 0 aromatic rings. The van der Waals surface area contributed by atoms with Gasteiger partial charge in [0, 0.05) is 25.7 Å². The first kappa shape index (κ1) is 17.6. The van der Waals surface area contributed by atoms with E-state index in [1.54, 1.807) is 0 Å². The number of β-lactam (4-membered cyclic amide) rings is 1. The molecule has 2 saturated heterocycles. The molecule has 0 aromatic heterocycles. The minimum absolute atomic E-state index is 0.0167. The highest BCUT2D eigenvalue weighted by molar-refractivity contribution is 5.90. The van der Waals surface area contributed by atoms with Crippen molar-refractivity contribution in [1.82, 2.24) is 9.80 Å². The van der Waals surface area contributed by atoms with Crippen molar-refractivity contribution in [3.63, 3.8) is 0 Å². The lowest BCUT2D eigenvalue weighted by molar-refractivity contribution is -0.171. The standard InChI is InChI=1S/C19H32N2O3/c1-14-19(9-5-6-10-19)16(22)21(14)13-15-7-11-20(12-8-15)17(23)24-18(2,3)4/h14-15H,5-13H2,1-4H3. The Balaban J connectivity index is 1.46. The van der Waals surface area contributed by atoms with Crippen LogP contribution in [0.4, 0.5) is 4.79 Å². The molecule has 0 bridgehead atoms. The molecular formula is C19H32N2O3. The molecule has 1 aliphatic carbocycles. The van der Waals surface area contributed by atoms with E-state index in [9.17, 15) is 9.59 Å². The van der Waals surface area contributed by atoms with Gasteiger partial charge in [-0.3, -0.25) is 4.79 Å². The van der Waals surface area contributed by atoms with Crippen molar-refractivity contribution in [2.24, 2.45) is 11.3 Å². The van der Waals surface area contributed by atoms with Crippen LogP contribution in [0, 0.1) is 11.3 Å². The molecule has 2 amide bonds. The summed E-state index contributed by atoms with van der Waals surface area (Å²) in [5, 5.41) is 0. The molecule has 136 valence electrons. The van der Waals surface area contributed by atoms with Crippen molar-refractivity contribution in [1.29, 1.82) is 0 Å². The molecule has 5 heteroatoms. The number of amides is 2. The summed E-state index contributed by atoms with van der Waals surface area (Å²) < 4.78 is 5.45. The lowest BCUT2D eigenvalue weighted by Crippen LogP contribution is -2.67. The van der Waals surface area contributed by atoms with E-state index in [1.165, 1.54) is 12.8 Å². The minimum Gasteiger partial charge on any atom is -0.444 e. The Morgan fingerprint density at radius 2 is 1.79 bits per heavy atom. The van der Waals surface area contributed by atoms with E-state index in [2.05, 4.69) is 11.8 Å². The molecule has 1 spiro atoms. The largest absolute Gasteiger partial charge is 0.444 e. The summed E-state index contributed by atoms with van der Waals surface area (Å²) in [5.74, 6) is 0.899. The van der Waals surface area contributed by atoms with Gasteiger partial charge in [0.25, 0.3) is 0 Å². The van der Waals surface area contributed by atoms with Crippen LogP contribution in [0.25, 0.3) is 0 Å². The Kier molecular flexibility index (Phi) is 4.56. The maximum atomic E-state index is 12.6. The molecule has 24 heavy (non-hydrogen) atoms. The Bertz CT molecular complexity index is 497. The minimum atomic E-state index is -0.441. The van der Waals surface area contributed by atoms with Gasteiger partial charge in [-0.15, -0.1) is 0 Å². The maximum absolute atomic E-state index is 12.6. The number of nitrogens with zero attached hydrogens (tertiary/aromatic N) is 2. The van der Waals surface area contributed by atoms with Crippen molar-refractivity contribution in [3.8, 4) is 0 Å². The fourth-order valence-corrected chi connectivity index (χ4v) is 4.65. The predicted molar refractivity (Wildman–Crippen MR) is 92.6 cm³/mol. The normalized spacial score (nSPS) is 27.5. The summed E-state index contributed by atoms with van der Waals surface area (Å²) in [5.41, 5.74) is -0.458. The Hall–Kier alpha value is -1.26. The lowest BCUT2D eigenvalue weighted by Gasteiger charge is -2.55. The van der Waals surface area contributed by atoms with Crippen LogP contribution in [0.1, 0.15) is 66.2 Å². The second-order valence-electron chi connectivity index (χ2n) is 8.91. The van der Waals surface area contributed by atoms with Crippen LogP contribution in [0.2, 0.25) is 0 Å². The lowest BCUT2D eigenvalue weighted by atomic mass is 9.69. The molecule has 3 aliphatic rings. The van der Waals surface area contributed by atoms with Crippen LogP contribution < -0.4 is 0 Å². The molecule has 3 rings (SSSR count). The zero-order valence-electron chi connectivity index (χ0n) is 15.6. The van der Waals surface area contributed by atoms with Crippen LogP contribution in [0.3, 0.4) is 0 Å². The SMILES string of the molecule is CC1N(CC2CCN(C(=O)OC(C)(C)C)CC2)C(=O)C12CCCC2. The van der Waals surface area contributed by atoms with Crippen LogP contribution >= 0.6 is 0 Å². The predicted octanol–water partition coefficient (Wildman–Crippen LogP) is 3.42. The molecule has 1 atom stereocenters. The number of rotatable bonds is 2. The van der Waals surface area contributed by atoms with E-state index in [-0.39, 0.29) is 11.5 Å². The molecule has 1 unspecified atom stereocenters. The average Bonchev–Trinajstić information content (AvgIpc) is 3.03. The van der Waals surface area contributed by atoms with Crippen LogP contribution in [-0.4, -0.2) is 53.1 Å². The van der Waals surface area contributed by atoms with Crippen molar-refractivity contribution < 1.29 is 14.3 Å². The van der Waals surface area contributed by atoms with Gasteiger partial charge in [0.05, 0.1) is 5.41 Å². The molecule has 0 radical (unpaired) electrons. The van der Waals surface area contributed by atoms with Gasteiger partial charge >= 0.3 is 6.09 Å². The van der Waals surface area contributed by atoms with Crippen molar-refractivity contribution in [3.05, 3.63) is 0 Å². The topological polar surface area (TPSA) is 49.9 Å². The summed E-state index contributed by atoms with van der Waals surface area (Å²) in [6, 6.07) is 0.399. The van der Waals surface area contributed by atoms with Crippen LogP contribution in [0.15, 0.2) is 0 Å². The van der Waals surface area contributed by atoms with Gasteiger partial charge < -0.3 is 14.5 Å².